The van der Waals surface area contributed by atoms with E-state index >= 15 is 0 Å². The van der Waals surface area contributed by atoms with Gasteiger partial charge in [0.25, 0.3) is 0 Å². The molecule has 7 heteroatoms. The first kappa shape index (κ1) is 21.0. The number of benzene rings is 1. The van der Waals surface area contributed by atoms with Gasteiger partial charge in [0.05, 0.1) is 6.54 Å². The molecule has 1 aromatic rings. The van der Waals surface area contributed by atoms with Crippen molar-refractivity contribution in [2.24, 2.45) is 10.9 Å². The third kappa shape index (κ3) is 7.85. The second-order valence-corrected chi connectivity index (χ2v) is 6.80. The molecule has 1 unspecified atom stereocenters. The Hall–Kier alpha value is -2.31. The number of hydrogen-bond acceptors (Lipinski definition) is 3. The van der Waals surface area contributed by atoms with Crippen molar-refractivity contribution in [3.63, 3.8) is 0 Å². The second kappa shape index (κ2) is 11.4. The Morgan fingerprint density at radius 1 is 1.22 bits per heavy atom. The zero-order valence-corrected chi connectivity index (χ0v) is 16.3. The maximum Gasteiger partial charge on any atom is 0.223 e. The molecule has 1 saturated carbocycles. The molecular weight excluding hydrogens is 347 g/mol. The summed E-state index contributed by atoms with van der Waals surface area (Å²) in [5, 5.41) is 9.44. The number of guanidine groups is 1. The molecule has 1 aliphatic rings. The number of carbonyl (C=O) groups is 1. The molecule has 6 nitrogen and oxygen atoms in total. The van der Waals surface area contributed by atoms with Crippen LogP contribution < -0.4 is 20.7 Å². The van der Waals surface area contributed by atoms with E-state index in [-0.39, 0.29) is 23.7 Å². The Bertz CT molecular complexity index is 603. The van der Waals surface area contributed by atoms with Gasteiger partial charge in [-0.1, -0.05) is 6.42 Å². The summed E-state index contributed by atoms with van der Waals surface area (Å²) in [5.74, 6) is 1.49. The molecule has 2 rings (SSSR count). The third-order valence-electron chi connectivity index (χ3n) is 4.42. The highest BCUT2D eigenvalue weighted by molar-refractivity contribution is 5.80. The molecule has 1 aliphatic carbocycles. The number of aliphatic imine (C=N–C) groups is 1. The van der Waals surface area contributed by atoms with Gasteiger partial charge >= 0.3 is 0 Å². The van der Waals surface area contributed by atoms with Crippen LogP contribution in [0.3, 0.4) is 0 Å². The standard InChI is InChI=1S/C20H31FN4O2/c1-3-22-20(24-13-5-12-23-19(26)16-6-4-7-16)25-14-15(2)27-18-10-8-17(21)9-11-18/h8-11,15-16H,3-7,12-14H2,1-2H3,(H,23,26)(H2,22,24,25). The van der Waals surface area contributed by atoms with Crippen molar-refractivity contribution in [1.29, 1.82) is 0 Å². The van der Waals surface area contributed by atoms with E-state index in [0.29, 0.717) is 18.8 Å². The lowest BCUT2D eigenvalue weighted by atomic mass is 9.85. The number of nitrogens with zero attached hydrogens (tertiary/aromatic N) is 1. The van der Waals surface area contributed by atoms with Crippen LogP contribution in [0.5, 0.6) is 5.75 Å². The van der Waals surface area contributed by atoms with Crippen molar-refractivity contribution < 1.29 is 13.9 Å². The van der Waals surface area contributed by atoms with Gasteiger partial charge in [0.1, 0.15) is 17.7 Å². The Morgan fingerprint density at radius 2 is 1.93 bits per heavy atom. The molecule has 0 aromatic heterocycles. The summed E-state index contributed by atoms with van der Waals surface area (Å²) >= 11 is 0. The van der Waals surface area contributed by atoms with E-state index in [4.69, 9.17) is 4.74 Å². The highest BCUT2D eigenvalue weighted by atomic mass is 19.1. The number of hydrogen-bond donors (Lipinski definition) is 3. The fourth-order valence-electron chi connectivity index (χ4n) is 2.67. The molecule has 150 valence electrons. The molecule has 27 heavy (non-hydrogen) atoms. The zero-order valence-electron chi connectivity index (χ0n) is 16.3. The van der Waals surface area contributed by atoms with E-state index in [1.54, 1.807) is 12.1 Å². The smallest absolute Gasteiger partial charge is 0.223 e. The van der Waals surface area contributed by atoms with Gasteiger partial charge in [-0.25, -0.2) is 9.38 Å². The summed E-state index contributed by atoms with van der Waals surface area (Å²) in [6.45, 7) is 6.57. The zero-order chi connectivity index (χ0) is 19.5. The lowest BCUT2D eigenvalue weighted by Crippen LogP contribution is -2.40. The molecule has 0 spiro atoms. The summed E-state index contributed by atoms with van der Waals surface area (Å²) in [6.07, 6.45) is 3.93. The minimum absolute atomic E-state index is 0.132. The first-order chi connectivity index (χ1) is 13.1. The van der Waals surface area contributed by atoms with Crippen LogP contribution in [-0.4, -0.2) is 44.1 Å². The molecular formula is C20H31FN4O2. The van der Waals surface area contributed by atoms with Gasteiger partial charge in [0.15, 0.2) is 5.96 Å². The number of rotatable bonds is 10. The van der Waals surface area contributed by atoms with Gasteiger partial charge in [-0.3, -0.25) is 4.79 Å². The van der Waals surface area contributed by atoms with Crippen molar-refractivity contribution in [3.8, 4) is 5.75 Å². The maximum atomic E-state index is 12.9. The van der Waals surface area contributed by atoms with E-state index in [1.165, 1.54) is 18.6 Å². The Balaban J connectivity index is 1.66. The first-order valence-corrected chi connectivity index (χ1v) is 9.80. The van der Waals surface area contributed by atoms with E-state index < -0.39 is 0 Å². The fourth-order valence-corrected chi connectivity index (χ4v) is 2.67. The predicted molar refractivity (Wildman–Crippen MR) is 105 cm³/mol. The number of nitrogens with one attached hydrogen (secondary N) is 3. The minimum atomic E-state index is -0.282. The van der Waals surface area contributed by atoms with Crippen LogP contribution in [0.1, 0.15) is 39.5 Å². The van der Waals surface area contributed by atoms with Crippen LogP contribution in [0.2, 0.25) is 0 Å². The van der Waals surface area contributed by atoms with E-state index in [9.17, 15) is 9.18 Å². The summed E-state index contributed by atoms with van der Waals surface area (Å²) in [6, 6.07) is 5.97. The lowest BCUT2D eigenvalue weighted by Gasteiger charge is -2.24. The maximum absolute atomic E-state index is 12.9. The number of amides is 1. The van der Waals surface area contributed by atoms with E-state index in [2.05, 4.69) is 20.9 Å². The molecule has 0 heterocycles. The van der Waals surface area contributed by atoms with Crippen LogP contribution >= 0.6 is 0 Å². The Morgan fingerprint density at radius 3 is 2.56 bits per heavy atom. The Kier molecular flexibility index (Phi) is 8.87. The van der Waals surface area contributed by atoms with Crippen LogP contribution in [0.4, 0.5) is 4.39 Å². The minimum Gasteiger partial charge on any atom is -0.489 e. The van der Waals surface area contributed by atoms with Crippen molar-refractivity contribution in [2.75, 3.05) is 26.2 Å². The summed E-state index contributed by atoms with van der Waals surface area (Å²) in [5.41, 5.74) is 0. The van der Waals surface area contributed by atoms with Crippen molar-refractivity contribution in [3.05, 3.63) is 30.1 Å². The summed E-state index contributed by atoms with van der Waals surface area (Å²) in [4.78, 5) is 16.3. The van der Waals surface area contributed by atoms with Crippen LogP contribution in [0, 0.1) is 11.7 Å². The molecule has 1 amide bonds. The van der Waals surface area contributed by atoms with Gasteiger partial charge in [-0.2, -0.15) is 0 Å². The highest BCUT2D eigenvalue weighted by Crippen LogP contribution is 2.25. The van der Waals surface area contributed by atoms with Gasteiger partial charge in [0.2, 0.25) is 5.91 Å². The predicted octanol–water partition coefficient (Wildman–Crippen LogP) is 2.45. The number of carbonyl (C=O) groups excluding carboxylic acids is 1. The molecule has 1 aromatic carbocycles. The number of ether oxygens (including phenoxy) is 1. The molecule has 3 N–H and O–H groups in total. The Labute approximate surface area is 161 Å². The molecule has 0 saturated heterocycles. The third-order valence-corrected chi connectivity index (χ3v) is 4.42. The molecule has 1 fully saturated rings. The van der Waals surface area contributed by atoms with Gasteiger partial charge < -0.3 is 20.7 Å². The van der Waals surface area contributed by atoms with Gasteiger partial charge in [-0.15, -0.1) is 0 Å². The van der Waals surface area contributed by atoms with E-state index in [1.807, 2.05) is 13.8 Å². The number of halogens is 1. The normalized spacial score (nSPS) is 15.6. The van der Waals surface area contributed by atoms with Crippen molar-refractivity contribution in [2.45, 2.75) is 45.6 Å². The van der Waals surface area contributed by atoms with Crippen molar-refractivity contribution in [1.82, 2.24) is 16.0 Å². The highest BCUT2D eigenvalue weighted by Gasteiger charge is 2.24. The van der Waals surface area contributed by atoms with Crippen LogP contribution in [-0.2, 0) is 4.79 Å². The first-order valence-electron chi connectivity index (χ1n) is 9.80. The van der Waals surface area contributed by atoms with Crippen molar-refractivity contribution >= 4 is 11.9 Å². The molecule has 0 aliphatic heterocycles. The molecule has 0 bridgehead atoms. The molecule has 1 atom stereocenters. The summed E-state index contributed by atoms with van der Waals surface area (Å²) < 4.78 is 18.7. The monoisotopic (exact) mass is 378 g/mol. The second-order valence-electron chi connectivity index (χ2n) is 6.80. The quantitative estimate of drug-likeness (QED) is 0.332. The van der Waals surface area contributed by atoms with E-state index in [0.717, 1.165) is 38.3 Å². The largest absolute Gasteiger partial charge is 0.489 e. The fraction of sp³-hybridized carbons (Fsp3) is 0.600. The summed E-state index contributed by atoms with van der Waals surface area (Å²) in [7, 11) is 0. The average Bonchev–Trinajstić information content (AvgIpc) is 2.59. The van der Waals surface area contributed by atoms with Gasteiger partial charge in [0, 0.05) is 25.6 Å². The SMILES string of the molecule is CCNC(=NCC(C)Oc1ccc(F)cc1)NCCCNC(=O)C1CCC1. The van der Waals surface area contributed by atoms with Crippen LogP contribution in [0.25, 0.3) is 0 Å². The molecule has 0 radical (unpaired) electrons. The van der Waals surface area contributed by atoms with Crippen LogP contribution in [0.15, 0.2) is 29.3 Å². The lowest BCUT2D eigenvalue weighted by molar-refractivity contribution is -0.127. The average molecular weight is 378 g/mol. The van der Waals surface area contributed by atoms with Gasteiger partial charge in [-0.05, 0) is 57.4 Å². The topological polar surface area (TPSA) is 74.8 Å².